The van der Waals surface area contributed by atoms with Gasteiger partial charge in [0.2, 0.25) is 5.16 Å². The molecule has 2 aromatic carbocycles. The Bertz CT molecular complexity index is 1050. The molecular weight excluding hydrogens is 395 g/mol. The normalized spacial score (nSPS) is 11.0. The van der Waals surface area contributed by atoms with Gasteiger partial charge in [0.1, 0.15) is 0 Å². The Morgan fingerprint density at radius 3 is 2.81 bits per heavy atom. The topological polar surface area (TPSA) is 82.5 Å². The maximum Gasteiger partial charge on any atom is 0.259 e. The zero-order valence-corrected chi connectivity index (χ0v) is 15.4. The quantitative estimate of drug-likeness (QED) is 0.458. The Balaban J connectivity index is 1.51. The minimum Gasteiger partial charge on any atom is -0.334 e. The van der Waals surface area contributed by atoms with Crippen molar-refractivity contribution < 1.29 is 4.52 Å². The summed E-state index contributed by atoms with van der Waals surface area (Å²) < 4.78 is 6.90. The number of hydrogen-bond donors (Lipinski definition) is 0. The molecule has 0 N–H and O–H groups in total. The molecule has 0 spiro atoms. The number of nitrogens with zero attached hydrogens (tertiary/aromatic N) is 6. The van der Waals surface area contributed by atoms with Crippen molar-refractivity contribution in [2.24, 2.45) is 0 Å². The van der Waals surface area contributed by atoms with Gasteiger partial charge in [0.05, 0.1) is 22.0 Å². The molecule has 0 bridgehead atoms. The average Bonchev–Trinajstić information content (AvgIpc) is 3.30. The Labute approximate surface area is 162 Å². The summed E-state index contributed by atoms with van der Waals surface area (Å²) in [5.74, 6) is 1.33. The van der Waals surface area contributed by atoms with Gasteiger partial charge in [0, 0.05) is 5.02 Å². The van der Waals surface area contributed by atoms with Crippen LogP contribution in [0.15, 0.2) is 58.2 Å². The Morgan fingerprint density at radius 2 is 1.96 bits per heavy atom. The van der Waals surface area contributed by atoms with Crippen molar-refractivity contribution >= 4 is 35.0 Å². The smallest absolute Gasteiger partial charge is 0.259 e. The van der Waals surface area contributed by atoms with Crippen molar-refractivity contribution in [1.82, 2.24) is 30.3 Å². The van der Waals surface area contributed by atoms with Gasteiger partial charge in [0.25, 0.3) is 5.89 Å². The lowest BCUT2D eigenvalue weighted by atomic mass is 10.2. The molecule has 7 nitrogen and oxygen atoms in total. The second-order valence-corrected chi connectivity index (χ2v) is 6.92. The molecule has 0 atom stereocenters. The van der Waals surface area contributed by atoms with E-state index in [1.807, 2.05) is 30.3 Å². The maximum atomic E-state index is 6.15. The van der Waals surface area contributed by atoms with Gasteiger partial charge >= 0.3 is 0 Å². The summed E-state index contributed by atoms with van der Waals surface area (Å²) in [6, 6.07) is 14.6. The Kier molecular flexibility index (Phi) is 4.87. The first-order valence-corrected chi connectivity index (χ1v) is 9.19. The van der Waals surface area contributed by atoms with Gasteiger partial charge in [-0.3, -0.25) is 0 Å². The molecule has 130 valence electrons. The van der Waals surface area contributed by atoms with Crippen LogP contribution in [0, 0.1) is 0 Å². The molecule has 0 fully saturated rings. The number of tetrazole rings is 1. The van der Waals surface area contributed by atoms with Gasteiger partial charge in [-0.15, -0.1) is 5.10 Å². The first-order valence-electron chi connectivity index (χ1n) is 7.45. The van der Waals surface area contributed by atoms with Crippen LogP contribution in [0.3, 0.4) is 0 Å². The highest BCUT2D eigenvalue weighted by atomic mass is 35.5. The Morgan fingerprint density at radius 1 is 1.08 bits per heavy atom. The highest BCUT2D eigenvalue weighted by Gasteiger charge is 2.14. The largest absolute Gasteiger partial charge is 0.334 e. The molecule has 10 heteroatoms. The summed E-state index contributed by atoms with van der Waals surface area (Å²) >= 11 is 13.6. The first kappa shape index (κ1) is 17.0. The molecule has 0 amide bonds. The highest BCUT2D eigenvalue weighted by Crippen LogP contribution is 2.27. The van der Waals surface area contributed by atoms with Crippen molar-refractivity contribution in [3.8, 4) is 17.1 Å². The van der Waals surface area contributed by atoms with E-state index in [0.717, 1.165) is 5.69 Å². The minimum atomic E-state index is 0.376. The van der Waals surface area contributed by atoms with E-state index in [9.17, 15) is 0 Å². The number of aromatic nitrogens is 6. The number of hydrogen-bond acceptors (Lipinski definition) is 7. The van der Waals surface area contributed by atoms with E-state index >= 15 is 0 Å². The van der Waals surface area contributed by atoms with Crippen molar-refractivity contribution in [2.75, 3.05) is 0 Å². The van der Waals surface area contributed by atoms with Gasteiger partial charge < -0.3 is 4.52 Å². The third-order valence-electron chi connectivity index (χ3n) is 3.40. The van der Waals surface area contributed by atoms with Gasteiger partial charge in [-0.05, 0) is 40.8 Å². The molecule has 2 aromatic heterocycles. The molecule has 0 radical (unpaired) electrons. The van der Waals surface area contributed by atoms with Crippen LogP contribution in [0.1, 0.15) is 5.82 Å². The molecule has 4 rings (SSSR count). The number of halogens is 2. The van der Waals surface area contributed by atoms with Crippen molar-refractivity contribution in [3.05, 3.63) is 64.4 Å². The fourth-order valence-electron chi connectivity index (χ4n) is 2.22. The first-order chi connectivity index (χ1) is 12.7. The van der Waals surface area contributed by atoms with Crippen LogP contribution in [0.4, 0.5) is 0 Å². The second kappa shape index (κ2) is 7.45. The zero-order chi connectivity index (χ0) is 17.9. The second-order valence-electron chi connectivity index (χ2n) is 5.14. The summed E-state index contributed by atoms with van der Waals surface area (Å²) in [5.41, 5.74) is 1.47. The Hall–Kier alpha value is -2.42. The van der Waals surface area contributed by atoms with E-state index in [0.29, 0.717) is 38.2 Å². The third-order valence-corrected chi connectivity index (χ3v) is 4.88. The van der Waals surface area contributed by atoms with Gasteiger partial charge in [-0.1, -0.05) is 58.3 Å². The highest BCUT2D eigenvalue weighted by molar-refractivity contribution is 7.98. The molecule has 0 aliphatic carbocycles. The standard InChI is InChI=1S/C16H10Cl2N6OS/c17-10-4-3-5-11(8-10)24-16(20-22-23-24)26-9-14-19-15(25-21-14)12-6-1-2-7-13(12)18/h1-8H,9H2. The molecule has 0 unspecified atom stereocenters. The minimum absolute atomic E-state index is 0.376. The van der Waals surface area contributed by atoms with Crippen LogP contribution in [-0.4, -0.2) is 30.3 Å². The van der Waals surface area contributed by atoms with Gasteiger partial charge in [-0.2, -0.15) is 9.67 Å². The lowest BCUT2D eigenvalue weighted by Gasteiger charge is -2.03. The number of benzene rings is 2. The van der Waals surface area contributed by atoms with Crippen LogP contribution in [-0.2, 0) is 5.75 Å². The zero-order valence-electron chi connectivity index (χ0n) is 13.1. The fourth-order valence-corrected chi connectivity index (χ4v) is 3.36. The molecule has 26 heavy (non-hydrogen) atoms. The summed E-state index contributed by atoms with van der Waals surface area (Å²) in [6.45, 7) is 0. The maximum absolute atomic E-state index is 6.15. The average molecular weight is 405 g/mol. The lowest BCUT2D eigenvalue weighted by molar-refractivity contribution is 0.425. The van der Waals surface area contributed by atoms with E-state index < -0.39 is 0 Å². The molecule has 0 saturated carbocycles. The van der Waals surface area contributed by atoms with Crippen LogP contribution in [0.25, 0.3) is 17.1 Å². The van der Waals surface area contributed by atoms with Crippen LogP contribution < -0.4 is 0 Å². The summed E-state index contributed by atoms with van der Waals surface area (Å²) in [7, 11) is 0. The molecule has 0 aliphatic rings. The third kappa shape index (κ3) is 3.57. The van der Waals surface area contributed by atoms with Crippen LogP contribution in [0.2, 0.25) is 10.0 Å². The van der Waals surface area contributed by atoms with E-state index in [2.05, 4.69) is 25.7 Å². The van der Waals surface area contributed by atoms with Gasteiger partial charge in [0.15, 0.2) is 5.82 Å². The molecule has 2 heterocycles. The molecule has 4 aromatic rings. The number of thioether (sulfide) groups is 1. The predicted molar refractivity (Wildman–Crippen MR) is 98.5 cm³/mol. The molecule has 0 aliphatic heterocycles. The van der Waals surface area contributed by atoms with Gasteiger partial charge in [-0.25, -0.2) is 0 Å². The van der Waals surface area contributed by atoms with Crippen molar-refractivity contribution in [3.63, 3.8) is 0 Å². The predicted octanol–water partition coefficient (Wildman–Crippen LogP) is 4.31. The molecule has 0 saturated heterocycles. The summed E-state index contributed by atoms with van der Waals surface area (Å²) in [4.78, 5) is 4.38. The van der Waals surface area contributed by atoms with Crippen molar-refractivity contribution in [2.45, 2.75) is 10.9 Å². The molecular formula is C16H10Cl2N6OS. The van der Waals surface area contributed by atoms with Crippen molar-refractivity contribution in [1.29, 1.82) is 0 Å². The number of rotatable bonds is 5. The summed E-state index contributed by atoms with van der Waals surface area (Å²) in [5, 5.41) is 17.5. The monoisotopic (exact) mass is 404 g/mol. The lowest BCUT2D eigenvalue weighted by Crippen LogP contribution is -1.99. The SMILES string of the molecule is Clc1cccc(-n2nnnc2SCc2noc(-c3ccccc3Cl)n2)c1. The van der Waals surface area contributed by atoms with E-state index in [1.54, 1.807) is 22.9 Å². The summed E-state index contributed by atoms with van der Waals surface area (Å²) in [6.07, 6.45) is 0. The van der Waals surface area contributed by atoms with Crippen LogP contribution >= 0.6 is 35.0 Å². The van der Waals surface area contributed by atoms with E-state index in [1.165, 1.54) is 11.8 Å². The van der Waals surface area contributed by atoms with Crippen LogP contribution in [0.5, 0.6) is 0 Å². The van der Waals surface area contributed by atoms with E-state index in [4.69, 9.17) is 27.7 Å². The van der Waals surface area contributed by atoms with E-state index in [-0.39, 0.29) is 0 Å². The fraction of sp³-hybridized carbons (Fsp3) is 0.0625.